The molecule has 0 aliphatic carbocycles. The molecule has 2 aromatic carbocycles. The number of para-hydroxylation sites is 2. The molecule has 21 heavy (non-hydrogen) atoms. The largest absolute Gasteiger partial charge is 0.507 e. The second-order valence-corrected chi connectivity index (χ2v) is 5.11. The number of amides is 1. The molecule has 0 heterocycles. The van der Waals surface area contributed by atoms with E-state index in [4.69, 9.17) is 17.3 Å². The Morgan fingerprint density at radius 1 is 1.29 bits per heavy atom. The predicted molar refractivity (Wildman–Crippen MR) is 85.9 cm³/mol. The Balaban J connectivity index is 2.43. The Morgan fingerprint density at radius 3 is 2.62 bits per heavy atom. The molecule has 3 N–H and O–H groups in total. The van der Waals surface area contributed by atoms with Gasteiger partial charge in [-0.2, -0.15) is 0 Å². The summed E-state index contributed by atoms with van der Waals surface area (Å²) in [5, 5.41) is 10.3. The molecular weight excluding hydrogens is 288 g/mol. The molecule has 0 saturated heterocycles. The Kier molecular flexibility index (Phi) is 4.70. The topological polar surface area (TPSA) is 66.6 Å². The number of carbonyl (C=O) groups excluding carboxylic acids is 1. The van der Waals surface area contributed by atoms with E-state index >= 15 is 0 Å². The molecule has 5 heteroatoms. The number of anilines is 2. The van der Waals surface area contributed by atoms with Crippen LogP contribution in [0.2, 0.25) is 5.02 Å². The Morgan fingerprint density at radius 2 is 2.00 bits per heavy atom. The summed E-state index contributed by atoms with van der Waals surface area (Å²) in [5.41, 5.74) is 7.32. The lowest BCUT2D eigenvalue weighted by atomic mass is 10.1. The standard InChI is InChI=1S/C16H17ClN2O2/c1-2-9-19(14-6-4-3-5-13(14)18)16(21)12-8-7-11(17)10-15(12)20/h3-8,10,20H,2,9,18H2,1H3. The first kappa shape index (κ1) is 15.2. The third-order valence-electron chi connectivity index (χ3n) is 3.11. The Bertz CT molecular complexity index is 658. The van der Waals surface area contributed by atoms with Crippen molar-refractivity contribution in [3.63, 3.8) is 0 Å². The number of phenols is 1. The maximum absolute atomic E-state index is 12.7. The number of halogens is 1. The van der Waals surface area contributed by atoms with Gasteiger partial charge in [0.25, 0.3) is 5.91 Å². The van der Waals surface area contributed by atoms with Gasteiger partial charge in [0.1, 0.15) is 5.75 Å². The van der Waals surface area contributed by atoms with Gasteiger partial charge in [0.05, 0.1) is 16.9 Å². The van der Waals surface area contributed by atoms with Crippen molar-refractivity contribution < 1.29 is 9.90 Å². The molecule has 0 saturated carbocycles. The maximum atomic E-state index is 12.7. The fraction of sp³-hybridized carbons (Fsp3) is 0.188. The van der Waals surface area contributed by atoms with E-state index < -0.39 is 0 Å². The first-order chi connectivity index (χ1) is 10.0. The molecule has 0 unspecified atom stereocenters. The number of benzene rings is 2. The lowest BCUT2D eigenvalue weighted by Gasteiger charge is -2.24. The number of hydrogen-bond acceptors (Lipinski definition) is 3. The molecule has 0 atom stereocenters. The van der Waals surface area contributed by atoms with Crippen LogP contribution < -0.4 is 10.6 Å². The van der Waals surface area contributed by atoms with Gasteiger partial charge in [0.2, 0.25) is 0 Å². The molecule has 4 nitrogen and oxygen atoms in total. The van der Waals surface area contributed by atoms with E-state index in [-0.39, 0.29) is 17.2 Å². The molecule has 0 spiro atoms. The van der Waals surface area contributed by atoms with Crippen molar-refractivity contribution in [2.75, 3.05) is 17.2 Å². The van der Waals surface area contributed by atoms with Gasteiger partial charge < -0.3 is 15.7 Å². The molecule has 0 aliphatic rings. The first-order valence-electron chi connectivity index (χ1n) is 6.69. The van der Waals surface area contributed by atoms with E-state index in [2.05, 4.69) is 0 Å². The maximum Gasteiger partial charge on any atom is 0.262 e. The fourth-order valence-electron chi connectivity index (χ4n) is 2.12. The quantitative estimate of drug-likeness (QED) is 0.847. The molecule has 0 fully saturated rings. The van der Waals surface area contributed by atoms with Gasteiger partial charge in [-0.05, 0) is 36.8 Å². The van der Waals surface area contributed by atoms with Gasteiger partial charge in [0.15, 0.2) is 0 Å². The number of nitrogens with zero attached hydrogens (tertiary/aromatic N) is 1. The number of nitrogen functional groups attached to an aromatic ring is 1. The van der Waals surface area contributed by atoms with Crippen molar-refractivity contribution in [1.29, 1.82) is 0 Å². The third kappa shape index (κ3) is 3.28. The van der Waals surface area contributed by atoms with Crippen LogP contribution in [0.1, 0.15) is 23.7 Å². The van der Waals surface area contributed by atoms with Crippen LogP contribution in [0, 0.1) is 0 Å². The fourth-order valence-corrected chi connectivity index (χ4v) is 2.29. The van der Waals surface area contributed by atoms with Crippen LogP contribution in [0.3, 0.4) is 0 Å². The molecule has 2 rings (SSSR count). The second-order valence-electron chi connectivity index (χ2n) is 4.68. The van der Waals surface area contributed by atoms with Crippen LogP contribution in [0.25, 0.3) is 0 Å². The summed E-state index contributed by atoms with van der Waals surface area (Å²) in [4.78, 5) is 14.3. The average molecular weight is 305 g/mol. The van der Waals surface area contributed by atoms with E-state index in [1.807, 2.05) is 19.1 Å². The summed E-state index contributed by atoms with van der Waals surface area (Å²) >= 11 is 5.80. The minimum atomic E-state index is -0.302. The van der Waals surface area contributed by atoms with E-state index in [0.29, 0.717) is 22.9 Å². The van der Waals surface area contributed by atoms with Crippen LogP contribution in [0.5, 0.6) is 5.75 Å². The third-order valence-corrected chi connectivity index (χ3v) is 3.35. The molecule has 0 radical (unpaired) electrons. The highest BCUT2D eigenvalue weighted by Crippen LogP contribution is 2.28. The highest BCUT2D eigenvalue weighted by Gasteiger charge is 2.21. The second kappa shape index (κ2) is 6.50. The molecule has 0 bridgehead atoms. The van der Waals surface area contributed by atoms with Crippen LogP contribution in [-0.2, 0) is 0 Å². The van der Waals surface area contributed by atoms with Gasteiger partial charge in [-0.1, -0.05) is 30.7 Å². The van der Waals surface area contributed by atoms with E-state index in [9.17, 15) is 9.90 Å². The Labute approximate surface area is 128 Å². The monoisotopic (exact) mass is 304 g/mol. The molecule has 0 aliphatic heterocycles. The Hall–Kier alpha value is -2.20. The van der Waals surface area contributed by atoms with Crippen LogP contribution in [0.4, 0.5) is 11.4 Å². The summed E-state index contributed by atoms with van der Waals surface area (Å²) in [5.74, 6) is -0.438. The first-order valence-corrected chi connectivity index (χ1v) is 7.07. The van der Waals surface area contributed by atoms with Crippen LogP contribution in [0.15, 0.2) is 42.5 Å². The summed E-state index contributed by atoms with van der Waals surface area (Å²) in [7, 11) is 0. The van der Waals surface area contributed by atoms with E-state index in [1.165, 1.54) is 12.1 Å². The van der Waals surface area contributed by atoms with Crippen molar-refractivity contribution in [3.05, 3.63) is 53.1 Å². The highest BCUT2D eigenvalue weighted by atomic mass is 35.5. The van der Waals surface area contributed by atoms with Gasteiger partial charge in [-0.25, -0.2) is 0 Å². The molecule has 0 aromatic heterocycles. The summed E-state index contributed by atoms with van der Waals surface area (Å²) < 4.78 is 0. The zero-order valence-corrected chi connectivity index (χ0v) is 12.5. The number of carbonyl (C=O) groups is 1. The molecular formula is C16H17ClN2O2. The van der Waals surface area contributed by atoms with Crippen molar-refractivity contribution in [2.45, 2.75) is 13.3 Å². The summed E-state index contributed by atoms with van der Waals surface area (Å²) in [6.45, 7) is 2.48. The molecule has 2 aromatic rings. The van der Waals surface area contributed by atoms with E-state index in [1.54, 1.807) is 23.1 Å². The normalized spacial score (nSPS) is 10.4. The molecule has 1 amide bonds. The zero-order valence-electron chi connectivity index (χ0n) is 11.7. The van der Waals surface area contributed by atoms with E-state index in [0.717, 1.165) is 6.42 Å². The summed E-state index contributed by atoms with van der Waals surface area (Å²) in [6, 6.07) is 11.6. The predicted octanol–water partition coefficient (Wildman–Crippen LogP) is 3.68. The van der Waals surface area contributed by atoms with Crippen molar-refractivity contribution in [1.82, 2.24) is 0 Å². The molecule has 110 valence electrons. The van der Waals surface area contributed by atoms with Gasteiger partial charge in [-0.3, -0.25) is 4.79 Å². The SMILES string of the molecule is CCCN(C(=O)c1ccc(Cl)cc1O)c1ccccc1N. The van der Waals surface area contributed by atoms with Gasteiger partial charge >= 0.3 is 0 Å². The number of phenolic OH excluding ortho intramolecular Hbond substituents is 1. The van der Waals surface area contributed by atoms with Crippen LogP contribution >= 0.6 is 11.6 Å². The highest BCUT2D eigenvalue weighted by molar-refractivity contribution is 6.31. The lowest BCUT2D eigenvalue weighted by Crippen LogP contribution is -2.32. The van der Waals surface area contributed by atoms with Crippen molar-refractivity contribution in [2.24, 2.45) is 0 Å². The smallest absolute Gasteiger partial charge is 0.262 e. The van der Waals surface area contributed by atoms with Crippen molar-refractivity contribution in [3.8, 4) is 5.75 Å². The number of rotatable bonds is 4. The van der Waals surface area contributed by atoms with Crippen molar-refractivity contribution >= 4 is 28.9 Å². The number of nitrogens with two attached hydrogens (primary N) is 1. The van der Waals surface area contributed by atoms with Gasteiger partial charge in [-0.15, -0.1) is 0 Å². The number of hydrogen-bond donors (Lipinski definition) is 2. The average Bonchev–Trinajstić information content (AvgIpc) is 2.45. The summed E-state index contributed by atoms with van der Waals surface area (Å²) in [6.07, 6.45) is 0.772. The van der Waals surface area contributed by atoms with Crippen LogP contribution in [-0.4, -0.2) is 17.6 Å². The minimum Gasteiger partial charge on any atom is -0.507 e. The van der Waals surface area contributed by atoms with Gasteiger partial charge in [0, 0.05) is 11.6 Å². The minimum absolute atomic E-state index is 0.136. The lowest BCUT2D eigenvalue weighted by molar-refractivity contribution is 0.0984. The zero-order chi connectivity index (χ0) is 15.4. The number of aromatic hydroxyl groups is 1.